The number of anilines is 2. The molecule has 0 aliphatic carbocycles. The second kappa shape index (κ2) is 5.31. The van der Waals surface area contributed by atoms with Gasteiger partial charge in [0.1, 0.15) is 6.54 Å². The Balaban J connectivity index is 2.11. The van der Waals surface area contributed by atoms with E-state index in [1.807, 2.05) is 6.92 Å². The first-order valence-corrected chi connectivity index (χ1v) is 5.69. The number of likely N-dealkylation sites (N-methyl/N-ethyl adjacent to an activating group) is 1. The summed E-state index contributed by atoms with van der Waals surface area (Å²) in [5.74, 6) is -0.0354. The van der Waals surface area contributed by atoms with E-state index in [9.17, 15) is 4.79 Å². The predicted octanol–water partition coefficient (Wildman–Crippen LogP) is 0.913. The molecule has 1 amide bonds. The summed E-state index contributed by atoms with van der Waals surface area (Å²) in [7, 11) is 0. The molecule has 0 saturated carbocycles. The molecule has 2 aromatic rings. The van der Waals surface area contributed by atoms with Gasteiger partial charge in [-0.15, -0.1) is 0 Å². The second-order valence-electron chi connectivity index (χ2n) is 3.81. The van der Waals surface area contributed by atoms with Gasteiger partial charge in [0.05, 0.1) is 11.9 Å². The molecule has 0 unspecified atom stereocenters. The van der Waals surface area contributed by atoms with Crippen LogP contribution in [0, 0.1) is 0 Å². The zero-order valence-corrected chi connectivity index (χ0v) is 10.2. The highest BCUT2D eigenvalue weighted by Gasteiger charge is 2.14. The molecule has 2 N–H and O–H groups in total. The SMILES string of the molecule is CCN(C(=O)Cn1cc(N)cn1)c1ccncc1. The minimum absolute atomic E-state index is 0.0354. The largest absolute Gasteiger partial charge is 0.396 e. The number of carbonyl (C=O) groups excluding carboxylic acids is 1. The highest BCUT2D eigenvalue weighted by atomic mass is 16.2. The number of nitrogens with two attached hydrogens (primary N) is 1. The number of aromatic nitrogens is 3. The molecule has 94 valence electrons. The van der Waals surface area contributed by atoms with Crippen molar-refractivity contribution in [3.05, 3.63) is 36.9 Å². The Morgan fingerprint density at radius 2 is 2.17 bits per heavy atom. The molecule has 0 atom stereocenters. The highest BCUT2D eigenvalue weighted by molar-refractivity contribution is 5.92. The molecule has 2 aromatic heterocycles. The lowest BCUT2D eigenvalue weighted by molar-refractivity contribution is -0.119. The van der Waals surface area contributed by atoms with Crippen molar-refractivity contribution in [1.29, 1.82) is 0 Å². The number of hydrogen-bond donors (Lipinski definition) is 1. The van der Waals surface area contributed by atoms with E-state index in [-0.39, 0.29) is 12.5 Å². The lowest BCUT2D eigenvalue weighted by Gasteiger charge is -2.20. The van der Waals surface area contributed by atoms with Crippen molar-refractivity contribution in [2.24, 2.45) is 0 Å². The molecular weight excluding hydrogens is 230 g/mol. The van der Waals surface area contributed by atoms with Gasteiger partial charge in [-0.05, 0) is 19.1 Å². The number of hydrogen-bond acceptors (Lipinski definition) is 4. The van der Waals surface area contributed by atoms with Gasteiger partial charge in [-0.3, -0.25) is 14.5 Å². The topological polar surface area (TPSA) is 77.0 Å². The van der Waals surface area contributed by atoms with Crippen molar-refractivity contribution in [1.82, 2.24) is 14.8 Å². The number of carbonyl (C=O) groups is 1. The van der Waals surface area contributed by atoms with E-state index in [0.29, 0.717) is 12.2 Å². The minimum atomic E-state index is -0.0354. The van der Waals surface area contributed by atoms with Crippen LogP contribution in [-0.4, -0.2) is 27.2 Å². The average molecular weight is 245 g/mol. The highest BCUT2D eigenvalue weighted by Crippen LogP contribution is 2.12. The number of nitrogen functional groups attached to an aromatic ring is 1. The standard InChI is InChI=1S/C12H15N5O/c1-2-17(11-3-5-14-6-4-11)12(18)9-16-8-10(13)7-15-16/h3-8H,2,9,13H2,1H3. The third-order valence-corrected chi connectivity index (χ3v) is 2.54. The Morgan fingerprint density at radius 1 is 1.44 bits per heavy atom. The summed E-state index contributed by atoms with van der Waals surface area (Å²) in [6.07, 6.45) is 6.49. The number of pyridine rings is 1. The molecule has 6 heteroatoms. The summed E-state index contributed by atoms with van der Waals surface area (Å²) in [6.45, 7) is 2.70. The zero-order valence-electron chi connectivity index (χ0n) is 10.2. The molecule has 0 radical (unpaired) electrons. The lowest BCUT2D eigenvalue weighted by atomic mass is 10.3. The molecule has 0 aliphatic rings. The van der Waals surface area contributed by atoms with Gasteiger partial charge in [-0.2, -0.15) is 5.10 Å². The maximum absolute atomic E-state index is 12.2. The summed E-state index contributed by atoms with van der Waals surface area (Å²) < 4.78 is 1.53. The third kappa shape index (κ3) is 2.65. The van der Waals surface area contributed by atoms with Gasteiger partial charge in [-0.25, -0.2) is 0 Å². The van der Waals surface area contributed by atoms with Crippen LogP contribution in [0.5, 0.6) is 0 Å². The van der Waals surface area contributed by atoms with Gasteiger partial charge in [0, 0.05) is 30.8 Å². The molecule has 6 nitrogen and oxygen atoms in total. The van der Waals surface area contributed by atoms with Crippen LogP contribution in [0.1, 0.15) is 6.92 Å². The van der Waals surface area contributed by atoms with Crippen LogP contribution in [0.3, 0.4) is 0 Å². The predicted molar refractivity (Wildman–Crippen MR) is 68.9 cm³/mol. The first-order valence-electron chi connectivity index (χ1n) is 5.69. The number of nitrogens with zero attached hydrogens (tertiary/aromatic N) is 4. The molecule has 0 bridgehead atoms. The Labute approximate surface area is 105 Å². The molecule has 0 saturated heterocycles. The molecular formula is C12H15N5O. The molecule has 2 heterocycles. The van der Waals surface area contributed by atoms with Crippen LogP contribution in [-0.2, 0) is 11.3 Å². The Morgan fingerprint density at radius 3 is 2.72 bits per heavy atom. The lowest BCUT2D eigenvalue weighted by Crippen LogP contribution is -2.33. The zero-order chi connectivity index (χ0) is 13.0. The van der Waals surface area contributed by atoms with Crippen molar-refractivity contribution in [3.8, 4) is 0 Å². The van der Waals surface area contributed by atoms with Gasteiger partial charge in [-0.1, -0.05) is 0 Å². The molecule has 0 aliphatic heterocycles. The fraction of sp³-hybridized carbons (Fsp3) is 0.250. The molecule has 0 aromatic carbocycles. The molecule has 2 rings (SSSR count). The van der Waals surface area contributed by atoms with Crippen molar-refractivity contribution in [2.45, 2.75) is 13.5 Å². The van der Waals surface area contributed by atoms with E-state index in [2.05, 4.69) is 10.1 Å². The maximum atomic E-state index is 12.2. The fourth-order valence-electron chi connectivity index (χ4n) is 1.72. The smallest absolute Gasteiger partial charge is 0.248 e. The van der Waals surface area contributed by atoms with Crippen LogP contribution in [0.15, 0.2) is 36.9 Å². The van der Waals surface area contributed by atoms with Crippen LogP contribution in [0.25, 0.3) is 0 Å². The summed E-state index contributed by atoms with van der Waals surface area (Å²) >= 11 is 0. The summed E-state index contributed by atoms with van der Waals surface area (Å²) in [5, 5.41) is 4.00. The molecule has 0 fully saturated rings. The Bertz CT molecular complexity index is 522. The molecule has 18 heavy (non-hydrogen) atoms. The van der Waals surface area contributed by atoms with Crippen molar-refractivity contribution >= 4 is 17.3 Å². The van der Waals surface area contributed by atoms with Gasteiger partial charge in [0.25, 0.3) is 0 Å². The average Bonchev–Trinajstić information content (AvgIpc) is 2.77. The number of amides is 1. The fourth-order valence-corrected chi connectivity index (χ4v) is 1.72. The van der Waals surface area contributed by atoms with E-state index < -0.39 is 0 Å². The van der Waals surface area contributed by atoms with Crippen LogP contribution in [0.4, 0.5) is 11.4 Å². The monoisotopic (exact) mass is 245 g/mol. The summed E-state index contributed by atoms with van der Waals surface area (Å²) in [5.41, 5.74) is 6.94. The number of rotatable bonds is 4. The van der Waals surface area contributed by atoms with Crippen molar-refractivity contribution < 1.29 is 4.79 Å². The quantitative estimate of drug-likeness (QED) is 0.868. The van der Waals surface area contributed by atoms with E-state index in [0.717, 1.165) is 5.69 Å². The van der Waals surface area contributed by atoms with E-state index in [1.54, 1.807) is 35.6 Å². The second-order valence-corrected chi connectivity index (χ2v) is 3.81. The Kier molecular flexibility index (Phi) is 3.57. The third-order valence-electron chi connectivity index (χ3n) is 2.54. The van der Waals surface area contributed by atoms with Gasteiger partial charge in [0.15, 0.2) is 0 Å². The first-order chi connectivity index (χ1) is 8.70. The summed E-state index contributed by atoms with van der Waals surface area (Å²) in [4.78, 5) is 17.8. The van der Waals surface area contributed by atoms with Crippen molar-refractivity contribution in [2.75, 3.05) is 17.2 Å². The van der Waals surface area contributed by atoms with Gasteiger partial charge in [0.2, 0.25) is 5.91 Å². The summed E-state index contributed by atoms with van der Waals surface area (Å²) in [6, 6.07) is 3.61. The van der Waals surface area contributed by atoms with E-state index >= 15 is 0 Å². The van der Waals surface area contributed by atoms with E-state index in [1.165, 1.54) is 10.9 Å². The first kappa shape index (κ1) is 12.1. The van der Waals surface area contributed by atoms with Crippen LogP contribution in [0.2, 0.25) is 0 Å². The minimum Gasteiger partial charge on any atom is -0.396 e. The van der Waals surface area contributed by atoms with Crippen LogP contribution < -0.4 is 10.6 Å². The van der Waals surface area contributed by atoms with Crippen LogP contribution >= 0.6 is 0 Å². The normalized spacial score (nSPS) is 10.3. The maximum Gasteiger partial charge on any atom is 0.248 e. The molecule has 0 spiro atoms. The van der Waals surface area contributed by atoms with Gasteiger partial charge < -0.3 is 10.6 Å². The van der Waals surface area contributed by atoms with E-state index in [4.69, 9.17) is 5.73 Å². The Hall–Kier alpha value is -2.37. The van der Waals surface area contributed by atoms with Gasteiger partial charge >= 0.3 is 0 Å². The van der Waals surface area contributed by atoms with Crippen molar-refractivity contribution in [3.63, 3.8) is 0 Å².